The van der Waals surface area contributed by atoms with Gasteiger partial charge in [-0.15, -0.1) is 0 Å². The van der Waals surface area contributed by atoms with Crippen LogP contribution in [0.2, 0.25) is 0 Å². The van der Waals surface area contributed by atoms with Crippen molar-refractivity contribution in [1.82, 2.24) is 10.6 Å². The molecule has 1 amide bonds. The van der Waals surface area contributed by atoms with E-state index in [0.717, 1.165) is 30.6 Å². The predicted octanol–water partition coefficient (Wildman–Crippen LogP) is 4.96. The van der Waals surface area contributed by atoms with Gasteiger partial charge in [-0.2, -0.15) is 0 Å². The first-order chi connectivity index (χ1) is 19.9. The molecule has 0 aliphatic carbocycles. The fraction of sp³-hybridized carbons (Fsp3) is 0.382. The maximum Gasteiger partial charge on any atom is 0.223 e. The summed E-state index contributed by atoms with van der Waals surface area (Å²) in [5.41, 5.74) is 10.7. The average Bonchev–Trinajstić information content (AvgIpc) is 3.01. The monoisotopic (exact) mass is 553 g/mol. The van der Waals surface area contributed by atoms with E-state index in [2.05, 4.69) is 51.9 Å². The number of ketones is 1. The molecule has 216 valence electrons. The number of benzene rings is 3. The number of aryl methyl sites for hydroxylation is 1. The molecule has 0 bridgehead atoms. The Labute approximate surface area is 244 Å². The quantitative estimate of drug-likeness (QED) is 0.167. The van der Waals surface area contributed by atoms with E-state index in [-0.39, 0.29) is 30.0 Å². The minimum atomic E-state index is -0.441. The molecule has 2 atom stereocenters. The minimum Gasteiger partial charge on any atom is -0.384 e. The molecule has 1 fully saturated rings. The van der Waals surface area contributed by atoms with Gasteiger partial charge in [-0.3, -0.25) is 15.0 Å². The Balaban J connectivity index is 1.32. The molecular formula is C34H43N5O2. The normalized spacial score (nSPS) is 14.7. The van der Waals surface area contributed by atoms with Crippen LogP contribution in [0.3, 0.4) is 0 Å². The molecule has 0 aromatic heterocycles. The van der Waals surface area contributed by atoms with Crippen LogP contribution >= 0.6 is 0 Å². The van der Waals surface area contributed by atoms with Crippen molar-refractivity contribution in [2.75, 3.05) is 18.0 Å². The molecule has 4 rings (SSSR count). The van der Waals surface area contributed by atoms with Gasteiger partial charge < -0.3 is 21.3 Å². The topological polar surface area (TPSA) is 111 Å². The number of amides is 1. The second-order valence-corrected chi connectivity index (χ2v) is 11.1. The van der Waals surface area contributed by atoms with E-state index in [1.165, 1.54) is 30.5 Å². The lowest BCUT2D eigenvalue weighted by Gasteiger charge is -2.29. The number of carbonyl (C=O) groups excluding carboxylic acids is 2. The number of anilines is 1. The van der Waals surface area contributed by atoms with Gasteiger partial charge in [0.1, 0.15) is 5.84 Å². The third kappa shape index (κ3) is 9.29. The van der Waals surface area contributed by atoms with Crippen LogP contribution in [-0.2, 0) is 29.1 Å². The van der Waals surface area contributed by atoms with Crippen LogP contribution < -0.4 is 21.3 Å². The maximum absolute atomic E-state index is 13.5. The Bertz CT molecular complexity index is 1270. The second kappa shape index (κ2) is 15.1. The molecule has 1 saturated heterocycles. The Kier molecular flexibility index (Phi) is 11.1. The highest BCUT2D eigenvalue weighted by atomic mass is 16.2. The van der Waals surface area contributed by atoms with E-state index in [4.69, 9.17) is 11.1 Å². The van der Waals surface area contributed by atoms with E-state index >= 15 is 0 Å². The predicted molar refractivity (Wildman–Crippen MR) is 166 cm³/mol. The first kappa shape index (κ1) is 30.0. The van der Waals surface area contributed by atoms with Gasteiger partial charge in [0.2, 0.25) is 5.91 Å². The molecule has 5 N–H and O–H groups in total. The molecule has 1 aliphatic rings. The largest absolute Gasteiger partial charge is 0.384 e. The van der Waals surface area contributed by atoms with Crippen molar-refractivity contribution in [3.8, 4) is 0 Å². The smallest absolute Gasteiger partial charge is 0.223 e. The van der Waals surface area contributed by atoms with Crippen LogP contribution in [-0.4, -0.2) is 36.7 Å². The fourth-order valence-electron chi connectivity index (χ4n) is 5.25. The molecule has 7 heteroatoms. The van der Waals surface area contributed by atoms with Crippen molar-refractivity contribution in [2.45, 2.75) is 64.6 Å². The van der Waals surface area contributed by atoms with Gasteiger partial charge in [-0.1, -0.05) is 73.7 Å². The lowest BCUT2D eigenvalue weighted by molar-refractivity contribution is -0.129. The van der Waals surface area contributed by atoms with Crippen LogP contribution in [0.25, 0.3) is 0 Å². The summed E-state index contributed by atoms with van der Waals surface area (Å²) in [7, 11) is 0. The number of nitrogens with two attached hydrogens (primary N) is 1. The van der Waals surface area contributed by atoms with E-state index < -0.39 is 5.92 Å². The summed E-state index contributed by atoms with van der Waals surface area (Å²) in [4.78, 5) is 28.7. The molecule has 3 aromatic rings. The van der Waals surface area contributed by atoms with Gasteiger partial charge in [0, 0.05) is 49.8 Å². The Morgan fingerprint density at radius 1 is 0.854 bits per heavy atom. The van der Waals surface area contributed by atoms with Gasteiger partial charge in [-0.25, -0.2) is 0 Å². The van der Waals surface area contributed by atoms with Gasteiger partial charge in [0.15, 0.2) is 5.78 Å². The van der Waals surface area contributed by atoms with Crippen molar-refractivity contribution < 1.29 is 9.59 Å². The highest BCUT2D eigenvalue weighted by molar-refractivity contribution is 5.95. The van der Waals surface area contributed by atoms with Crippen LogP contribution in [0.1, 0.15) is 61.3 Å². The lowest BCUT2D eigenvalue weighted by Crippen LogP contribution is -2.39. The Morgan fingerprint density at radius 3 is 2.15 bits per heavy atom. The number of amidine groups is 1. The number of nitrogens with zero attached hydrogens (tertiary/aromatic N) is 1. The first-order valence-corrected chi connectivity index (χ1v) is 14.7. The SMILES string of the molecule is C[C@H](CC(=O)[C@@H](CCc1ccccc1)NCc1ccc(N2CCCCC2)cc1)C(=O)NCc1ccc(C(=N)N)cc1. The second-order valence-electron chi connectivity index (χ2n) is 11.1. The van der Waals surface area contributed by atoms with Crippen molar-refractivity contribution in [3.05, 3.63) is 101 Å². The molecule has 0 spiro atoms. The summed E-state index contributed by atoms with van der Waals surface area (Å²) in [5.74, 6) is -0.523. The van der Waals surface area contributed by atoms with Crippen LogP contribution in [0.5, 0.6) is 0 Å². The summed E-state index contributed by atoms with van der Waals surface area (Å²) < 4.78 is 0. The number of nitrogen functional groups attached to an aromatic ring is 1. The zero-order valence-electron chi connectivity index (χ0n) is 24.1. The Morgan fingerprint density at radius 2 is 1.49 bits per heavy atom. The highest BCUT2D eigenvalue weighted by Crippen LogP contribution is 2.20. The van der Waals surface area contributed by atoms with E-state index in [0.29, 0.717) is 25.1 Å². The summed E-state index contributed by atoms with van der Waals surface area (Å²) in [5, 5.41) is 13.9. The number of piperidine rings is 1. The van der Waals surface area contributed by atoms with Gasteiger partial charge in [0.05, 0.1) is 6.04 Å². The van der Waals surface area contributed by atoms with Crippen molar-refractivity contribution in [1.29, 1.82) is 5.41 Å². The van der Waals surface area contributed by atoms with Crippen LogP contribution in [0.15, 0.2) is 78.9 Å². The van der Waals surface area contributed by atoms with Gasteiger partial charge in [-0.05, 0) is 60.9 Å². The van der Waals surface area contributed by atoms with Gasteiger partial charge >= 0.3 is 0 Å². The van der Waals surface area contributed by atoms with Gasteiger partial charge in [0.25, 0.3) is 0 Å². The zero-order chi connectivity index (χ0) is 29.0. The summed E-state index contributed by atoms with van der Waals surface area (Å²) in [6, 6.07) is 25.7. The average molecular weight is 554 g/mol. The first-order valence-electron chi connectivity index (χ1n) is 14.7. The lowest BCUT2D eigenvalue weighted by atomic mass is 9.95. The third-order valence-corrected chi connectivity index (χ3v) is 7.85. The van der Waals surface area contributed by atoms with Crippen LogP contribution in [0.4, 0.5) is 5.69 Å². The Hall–Kier alpha value is -3.97. The molecule has 1 heterocycles. The zero-order valence-corrected chi connectivity index (χ0v) is 24.1. The summed E-state index contributed by atoms with van der Waals surface area (Å²) in [6.45, 7) is 5.00. The van der Waals surface area contributed by atoms with E-state index in [1.807, 2.05) is 30.3 Å². The number of hydrogen-bond donors (Lipinski definition) is 4. The van der Waals surface area contributed by atoms with Crippen molar-refractivity contribution >= 4 is 23.2 Å². The summed E-state index contributed by atoms with van der Waals surface area (Å²) in [6.07, 6.45) is 5.45. The summed E-state index contributed by atoms with van der Waals surface area (Å²) >= 11 is 0. The van der Waals surface area contributed by atoms with Crippen molar-refractivity contribution in [2.24, 2.45) is 11.7 Å². The molecule has 41 heavy (non-hydrogen) atoms. The number of Topliss-reactive ketones (excluding diaryl/α,β-unsaturated/α-hetero) is 1. The van der Waals surface area contributed by atoms with Crippen LogP contribution in [0, 0.1) is 11.3 Å². The minimum absolute atomic E-state index is 0.0117. The fourth-order valence-corrected chi connectivity index (χ4v) is 5.25. The molecule has 0 unspecified atom stereocenters. The molecule has 1 aliphatic heterocycles. The standard InChI is InChI=1S/C34H43N5O2/c1-25(34(41)38-24-27-10-15-29(16-11-27)33(35)36)22-32(40)31(19-14-26-8-4-2-5-9-26)37-23-28-12-17-30(18-13-28)39-20-6-3-7-21-39/h2,4-5,8-13,15-18,25,31,37H,3,6-7,14,19-24H2,1H3,(H3,35,36)(H,38,41)/t25-,31-/m1/s1. The molecule has 0 radical (unpaired) electrons. The van der Waals surface area contributed by atoms with E-state index in [1.54, 1.807) is 19.1 Å². The molecule has 0 saturated carbocycles. The van der Waals surface area contributed by atoms with Crippen molar-refractivity contribution in [3.63, 3.8) is 0 Å². The third-order valence-electron chi connectivity index (χ3n) is 7.85. The highest BCUT2D eigenvalue weighted by Gasteiger charge is 2.23. The number of hydrogen-bond acceptors (Lipinski definition) is 5. The number of rotatable bonds is 14. The van der Waals surface area contributed by atoms with E-state index in [9.17, 15) is 9.59 Å². The maximum atomic E-state index is 13.5. The molecule has 3 aromatic carbocycles. The molecular weight excluding hydrogens is 510 g/mol. The number of carbonyl (C=O) groups is 2. The molecule has 7 nitrogen and oxygen atoms in total. The number of nitrogens with one attached hydrogen (secondary N) is 3.